The van der Waals surface area contributed by atoms with Gasteiger partial charge in [0.15, 0.2) is 0 Å². The van der Waals surface area contributed by atoms with Crippen LogP contribution < -0.4 is 9.04 Å². The molecule has 0 saturated heterocycles. The van der Waals surface area contributed by atoms with Gasteiger partial charge in [-0.15, -0.1) is 0 Å². The number of sulfonamides is 1. The van der Waals surface area contributed by atoms with E-state index in [1.807, 2.05) is 39.0 Å². The molecule has 3 rings (SSSR count). The molecule has 31 heavy (non-hydrogen) atoms. The molecule has 7 heteroatoms. The molecule has 0 aliphatic heterocycles. The zero-order valence-electron chi connectivity index (χ0n) is 17.7. The Morgan fingerprint density at radius 3 is 2.10 bits per heavy atom. The number of benzene rings is 3. The van der Waals surface area contributed by atoms with E-state index in [0.29, 0.717) is 5.75 Å². The summed E-state index contributed by atoms with van der Waals surface area (Å²) < 4.78 is 46.9. The highest BCUT2D eigenvalue weighted by Gasteiger charge is 2.27. The lowest BCUT2D eigenvalue weighted by Gasteiger charge is -2.27. The van der Waals surface area contributed by atoms with E-state index in [1.54, 1.807) is 12.1 Å². The monoisotopic (exact) mass is 443 g/mol. The second-order valence-corrected chi connectivity index (χ2v) is 9.37. The van der Waals surface area contributed by atoms with Crippen LogP contribution in [-0.4, -0.2) is 32.8 Å². The predicted molar refractivity (Wildman–Crippen MR) is 120 cm³/mol. The van der Waals surface area contributed by atoms with Crippen molar-refractivity contribution in [2.24, 2.45) is 0 Å². The number of para-hydroxylation sites is 1. The Balaban J connectivity index is 1.86. The van der Waals surface area contributed by atoms with E-state index in [0.717, 1.165) is 21.0 Å². The highest BCUT2D eigenvalue weighted by Crippen LogP contribution is 2.26. The Hall–Kier alpha value is -2.90. The van der Waals surface area contributed by atoms with Crippen LogP contribution in [0.25, 0.3) is 0 Å². The quantitative estimate of drug-likeness (QED) is 0.561. The molecule has 0 fully saturated rings. The van der Waals surface area contributed by atoms with Gasteiger partial charge in [0.05, 0.1) is 17.1 Å². The van der Waals surface area contributed by atoms with E-state index in [1.165, 1.54) is 36.4 Å². The minimum Gasteiger partial charge on any atom is -0.490 e. The van der Waals surface area contributed by atoms with Crippen molar-refractivity contribution in [3.05, 3.63) is 89.2 Å². The maximum Gasteiger partial charge on any atom is 0.264 e. The van der Waals surface area contributed by atoms with Crippen LogP contribution in [-0.2, 0) is 10.0 Å². The van der Waals surface area contributed by atoms with Crippen molar-refractivity contribution in [1.29, 1.82) is 0 Å². The van der Waals surface area contributed by atoms with Crippen molar-refractivity contribution >= 4 is 15.7 Å². The van der Waals surface area contributed by atoms with Crippen LogP contribution in [0.4, 0.5) is 10.1 Å². The van der Waals surface area contributed by atoms with Crippen LogP contribution >= 0.6 is 0 Å². The second kappa shape index (κ2) is 9.49. The van der Waals surface area contributed by atoms with Gasteiger partial charge in [-0.2, -0.15) is 0 Å². The summed E-state index contributed by atoms with van der Waals surface area (Å²) in [6.07, 6.45) is -1.11. The van der Waals surface area contributed by atoms with Crippen molar-refractivity contribution < 1.29 is 22.7 Å². The van der Waals surface area contributed by atoms with Crippen molar-refractivity contribution in [2.45, 2.75) is 31.8 Å². The van der Waals surface area contributed by atoms with Crippen molar-refractivity contribution in [3.8, 4) is 5.75 Å². The van der Waals surface area contributed by atoms with Gasteiger partial charge in [0.2, 0.25) is 0 Å². The van der Waals surface area contributed by atoms with Gasteiger partial charge < -0.3 is 9.84 Å². The SMILES string of the molecule is Cc1ccc(S(=O)(=O)N(CC(O)COc2c(C)cccc2C)c2ccc(F)cc2)cc1. The number of anilines is 1. The standard InChI is InChI=1S/C24H26FNO4S/c1-17-7-13-23(14-8-17)31(28,29)26(21-11-9-20(25)10-12-21)15-22(27)16-30-24-18(2)5-4-6-19(24)3/h4-14,22,27H,15-16H2,1-3H3. The lowest BCUT2D eigenvalue weighted by Crippen LogP contribution is -2.40. The van der Waals surface area contributed by atoms with E-state index < -0.39 is 21.9 Å². The Kier molecular flexibility index (Phi) is 6.97. The molecule has 3 aromatic rings. The summed E-state index contributed by atoms with van der Waals surface area (Å²) in [5.74, 6) is 0.187. The summed E-state index contributed by atoms with van der Waals surface area (Å²) in [7, 11) is -3.98. The first kappa shape index (κ1) is 22.8. The van der Waals surface area contributed by atoms with Crippen molar-refractivity contribution in [2.75, 3.05) is 17.5 Å². The summed E-state index contributed by atoms with van der Waals surface area (Å²) in [4.78, 5) is 0.0882. The van der Waals surface area contributed by atoms with Crippen LogP contribution in [0.5, 0.6) is 5.75 Å². The first-order chi connectivity index (χ1) is 14.7. The molecule has 1 N–H and O–H groups in total. The number of halogens is 1. The Bertz CT molecular complexity index is 1110. The largest absolute Gasteiger partial charge is 0.490 e. The summed E-state index contributed by atoms with van der Waals surface area (Å²) >= 11 is 0. The van der Waals surface area contributed by atoms with Crippen molar-refractivity contribution in [1.82, 2.24) is 0 Å². The molecule has 1 unspecified atom stereocenters. The Labute approximate surface area is 182 Å². The summed E-state index contributed by atoms with van der Waals surface area (Å²) in [5.41, 5.74) is 3.03. The molecule has 164 valence electrons. The highest BCUT2D eigenvalue weighted by molar-refractivity contribution is 7.92. The average molecular weight is 444 g/mol. The van der Waals surface area contributed by atoms with E-state index >= 15 is 0 Å². The fourth-order valence-corrected chi connectivity index (χ4v) is 4.74. The molecule has 5 nitrogen and oxygen atoms in total. The molecule has 0 amide bonds. The number of hydrogen-bond donors (Lipinski definition) is 1. The molecule has 1 atom stereocenters. The summed E-state index contributed by atoms with van der Waals surface area (Å²) in [6, 6.07) is 17.3. The molecule has 0 bridgehead atoms. The Morgan fingerprint density at radius 1 is 0.935 bits per heavy atom. The van der Waals surface area contributed by atoms with E-state index in [9.17, 15) is 17.9 Å². The highest BCUT2D eigenvalue weighted by atomic mass is 32.2. The van der Waals surface area contributed by atoms with Crippen LogP contribution in [0.15, 0.2) is 71.6 Å². The number of hydrogen-bond acceptors (Lipinski definition) is 4. The molecule has 0 saturated carbocycles. The van der Waals surface area contributed by atoms with E-state index in [4.69, 9.17) is 4.74 Å². The zero-order chi connectivity index (χ0) is 22.6. The molecule has 0 aliphatic rings. The van der Waals surface area contributed by atoms with Gasteiger partial charge in [-0.25, -0.2) is 12.8 Å². The topological polar surface area (TPSA) is 66.8 Å². The number of nitrogens with zero attached hydrogens (tertiary/aromatic N) is 1. The number of rotatable bonds is 8. The molecule has 0 aliphatic carbocycles. The zero-order valence-corrected chi connectivity index (χ0v) is 18.6. The molecular formula is C24H26FNO4S. The minimum absolute atomic E-state index is 0.0882. The molecule has 0 spiro atoms. The van der Waals surface area contributed by atoms with Gasteiger partial charge in [0.25, 0.3) is 10.0 Å². The Morgan fingerprint density at radius 2 is 1.52 bits per heavy atom. The lowest BCUT2D eigenvalue weighted by molar-refractivity contribution is 0.114. The fourth-order valence-electron chi connectivity index (χ4n) is 3.24. The molecular weight excluding hydrogens is 417 g/mol. The molecule has 3 aromatic carbocycles. The smallest absolute Gasteiger partial charge is 0.264 e. The van der Waals surface area contributed by atoms with Gasteiger partial charge in [-0.1, -0.05) is 35.9 Å². The first-order valence-corrected chi connectivity index (χ1v) is 11.3. The van der Waals surface area contributed by atoms with E-state index in [-0.39, 0.29) is 23.7 Å². The van der Waals surface area contributed by atoms with Crippen LogP contribution in [0.2, 0.25) is 0 Å². The number of aryl methyl sites for hydroxylation is 3. The lowest BCUT2D eigenvalue weighted by atomic mass is 10.1. The fraction of sp³-hybridized carbons (Fsp3) is 0.250. The number of ether oxygens (including phenoxy) is 1. The van der Waals surface area contributed by atoms with Gasteiger partial charge in [0, 0.05) is 0 Å². The molecule has 0 aromatic heterocycles. The van der Waals surface area contributed by atoms with Gasteiger partial charge in [-0.05, 0) is 68.3 Å². The first-order valence-electron chi connectivity index (χ1n) is 9.90. The third-order valence-corrected chi connectivity index (χ3v) is 6.74. The molecule has 0 radical (unpaired) electrons. The predicted octanol–water partition coefficient (Wildman–Crippen LogP) is 4.39. The van der Waals surface area contributed by atoms with E-state index in [2.05, 4.69) is 0 Å². The normalized spacial score (nSPS) is 12.4. The van der Waals surface area contributed by atoms with Gasteiger partial charge in [-0.3, -0.25) is 4.31 Å². The number of aliphatic hydroxyl groups is 1. The third kappa shape index (κ3) is 5.42. The number of aliphatic hydroxyl groups excluding tert-OH is 1. The average Bonchev–Trinajstić information content (AvgIpc) is 2.72. The maximum absolute atomic E-state index is 13.4. The van der Waals surface area contributed by atoms with Gasteiger partial charge in [0.1, 0.15) is 24.3 Å². The minimum atomic E-state index is -3.98. The van der Waals surface area contributed by atoms with Crippen LogP contribution in [0, 0.1) is 26.6 Å². The maximum atomic E-state index is 13.4. The second-order valence-electron chi connectivity index (χ2n) is 7.51. The summed E-state index contributed by atoms with van der Waals surface area (Å²) in [5, 5.41) is 10.6. The third-order valence-electron chi connectivity index (χ3n) is 4.93. The molecule has 0 heterocycles. The summed E-state index contributed by atoms with van der Waals surface area (Å²) in [6.45, 7) is 5.34. The van der Waals surface area contributed by atoms with Crippen LogP contribution in [0.1, 0.15) is 16.7 Å². The van der Waals surface area contributed by atoms with Crippen LogP contribution in [0.3, 0.4) is 0 Å². The van der Waals surface area contributed by atoms with Gasteiger partial charge >= 0.3 is 0 Å². The van der Waals surface area contributed by atoms with Crippen molar-refractivity contribution in [3.63, 3.8) is 0 Å².